The van der Waals surface area contributed by atoms with Crippen molar-refractivity contribution in [2.24, 2.45) is 5.92 Å². The van der Waals surface area contributed by atoms with Crippen LogP contribution in [0.5, 0.6) is 0 Å². The fourth-order valence-corrected chi connectivity index (χ4v) is 2.07. The highest BCUT2D eigenvalue weighted by atomic mass is 16.3. The molecule has 3 nitrogen and oxygen atoms in total. The summed E-state index contributed by atoms with van der Waals surface area (Å²) in [6.07, 6.45) is 4.05. The number of rotatable bonds is 3. The molecule has 1 aliphatic rings. The van der Waals surface area contributed by atoms with E-state index in [1.54, 1.807) is 0 Å². The molecular weight excluding hydrogens is 188 g/mol. The second-order valence-electron chi connectivity index (χ2n) is 4.38. The van der Waals surface area contributed by atoms with Crippen LogP contribution in [0, 0.1) is 12.8 Å². The standard InChI is InChI=1S/C12H18N2O/c1-3-11-10(7-8(2)13-14-11)12(15)9-5-4-6-9/h7,9,12,15H,3-6H2,1-2H3. The van der Waals surface area contributed by atoms with Crippen LogP contribution in [0.2, 0.25) is 0 Å². The van der Waals surface area contributed by atoms with E-state index in [0.717, 1.165) is 36.2 Å². The van der Waals surface area contributed by atoms with Crippen molar-refractivity contribution in [2.45, 2.75) is 45.6 Å². The van der Waals surface area contributed by atoms with Gasteiger partial charge in [-0.15, -0.1) is 0 Å². The molecule has 1 unspecified atom stereocenters. The average molecular weight is 206 g/mol. The van der Waals surface area contributed by atoms with Crippen LogP contribution in [0.1, 0.15) is 49.2 Å². The van der Waals surface area contributed by atoms with Gasteiger partial charge in [-0.2, -0.15) is 10.2 Å². The number of hydrogen-bond acceptors (Lipinski definition) is 3. The van der Waals surface area contributed by atoms with Gasteiger partial charge in [-0.05, 0) is 38.2 Å². The van der Waals surface area contributed by atoms with Crippen molar-refractivity contribution in [3.8, 4) is 0 Å². The fraction of sp³-hybridized carbons (Fsp3) is 0.667. The Labute approximate surface area is 90.5 Å². The van der Waals surface area contributed by atoms with Crippen molar-refractivity contribution >= 4 is 0 Å². The molecule has 1 aromatic heterocycles. The Morgan fingerprint density at radius 1 is 1.47 bits per heavy atom. The highest BCUT2D eigenvalue weighted by Crippen LogP contribution is 2.38. The van der Waals surface area contributed by atoms with Gasteiger partial charge in [0.15, 0.2) is 0 Å². The predicted molar refractivity (Wildman–Crippen MR) is 58.4 cm³/mol. The summed E-state index contributed by atoms with van der Waals surface area (Å²) in [7, 11) is 0. The Bertz CT molecular complexity index is 347. The molecule has 0 bridgehead atoms. The minimum Gasteiger partial charge on any atom is -0.388 e. The zero-order valence-electron chi connectivity index (χ0n) is 9.40. The molecule has 1 heterocycles. The van der Waals surface area contributed by atoms with Crippen LogP contribution in [0.15, 0.2) is 6.07 Å². The Morgan fingerprint density at radius 3 is 2.73 bits per heavy atom. The number of aromatic nitrogens is 2. The number of aliphatic hydroxyl groups is 1. The first kappa shape index (κ1) is 10.6. The van der Waals surface area contributed by atoms with Gasteiger partial charge in [0, 0.05) is 5.56 Å². The van der Waals surface area contributed by atoms with E-state index >= 15 is 0 Å². The van der Waals surface area contributed by atoms with Crippen molar-refractivity contribution in [2.75, 3.05) is 0 Å². The SMILES string of the molecule is CCc1nnc(C)cc1C(O)C1CCC1. The van der Waals surface area contributed by atoms with Gasteiger partial charge in [0.2, 0.25) is 0 Å². The Hall–Kier alpha value is -0.960. The van der Waals surface area contributed by atoms with E-state index < -0.39 is 0 Å². The van der Waals surface area contributed by atoms with Crippen molar-refractivity contribution in [3.63, 3.8) is 0 Å². The smallest absolute Gasteiger partial charge is 0.0837 e. The molecule has 0 radical (unpaired) electrons. The van der Waals surface area contributed by atoms with Crippen LogP contribution >= 0.6 is 0 Å². The quantitative estimate of drug-likeness (QED) is 0.824. The van der Waals surface area contributed by atoms with Gasteiger partial charge in [-0.25, -0.2) is 0 Å². The molecule has 15 heavy (non-hydrogen) atoms. The highest BCUT2D eigenvalue weighted by molar-refractivity contribution is 5.24. The Kier molecular flexibility index (Phi) is 3.00. The summed E-state index contributed by atoms with van der Waals surface area (Å²) in [6.45, 7) is 3.97. The summed E-state index contributed by atoms with van der Waals surface area (Å²) in [5, 5.41) is 18.4. The van der Waals surface area contributed by atoms with E-state index in [1.165, 1.54) is 6.42 Å². The van der Waals surface area contributed by atoms with E-state index in [9.17, 15) is 5.11 Å². The minimum absolute atomic E-state index is 0.331. The third kappa shape index (κ3) is 2.02. The summed E-state index contributed by atoms with van der Waals surface area (Å²) in [5.41, 5.74) is 2.83. The third-order valence-electron chi connectivity index (χ3n) is 3.28. The van der Waals surface area contributed by atoms with Crippen molar-refractivity contribution < 1.29 is 5.11 Å². The van der Waals surface area contributed by atoms with E-state index in [0.29, 0.717) is 5.92 Å². The number of hydrogen-bond donors (Lipinski definition) is 1. The molecule has 0 amide bonds. The van der Waals surface area contributed by atoms with Crippen LogP contribution in [0.4, 0.5) is 0 Å². The maximum atomic E-state index is 10.2. The zero-order chi connectivity index (χ0) is 10.8. The van der Waals surface area contributed by atoms with Crippen LogP contribution in [0.25, 0.3) is 0 Å². The van der Waals surface area contributed by atoms with Gasteiger partial charge in [0.05, 0.1) is 17.5 Å². The Morgan fingerprint density at radius 2 is 2.20 bits per heavy atom. The third-order valence-corrected chi connectivity index (χ3v) is 3.28. The lowest BCUT2D eigenvalue weighted by Crippen LogP contribution is -2.21. The second kappa shape index (κ2) is 4.27. The van der Waals surface area contributed by atoms with Crippen LogP contribution in [-0.4, -0.2) is 15.3 Å². The molecule has 82 valence electrons. The molecule has 1 aromatic rings. The first-order valence-electron chi connectivity index (χ1n) is 5.73. The fourth-order valence-electron chi connectivity index (χ4n) is 2.07. The summed E-state index contributed by atoms with van der Waals surface area (Å²) < 4.78 is 0. The van der Waals surface area contributed by atoms with E-state index in [-0.39, 0.29) is 6.10 Å². The molecule has 0 saturated heterocycles. The molecule has 0 aromatic carbocycles. The molecule has 1 aliphatic carbocycles. The minimum atomic E-state index is -0.331. The number of nitrogens with zero attached hydrogens (tertiary/aromatic N) is 2. The summed E-state index contributed by atoms with van der Waals surface area (Å²) in [4.78, 5) is 0. The summed E-state index contributed by atoms with van der Waals surface area (Å²) in [6, 6.07) is 1.98. The van der Waals surface area contributed by atoms with Crippen LogP contribution < -0.4 is 0 Å². The highest BCUT2D eigenvalue weighted by Gasteiger charge is 2.28. The average Bonchev–Trinajstić information content (AvgIpc) is 2.15. The van der Waals surface area contributed by atoms with Gasteiger partial charge >= 0.3 is 0 Å². The van der Waals surface area contributed by atoms with Crippen LogP contribution in [0.3, 0.4) is 0 Å². The monoisotopic (exact) mass is 206 g/mol. The van der Waals surface area contributed by atoms with Gasteiger partial charge in [0.25, 0.3) is 0 Å². The lowest BCUT2D eigenvalue weighted by Gasteiger charge is -2.31. The molecule has 1 fully saturated rings. The van der Waals surface area contributed by atoms with Gasteiger partial charge in [0.1, 0.15) is 0 Å². The molecule has 1 N–H and O–H groups in total. The van der Waals surface area contributed by atoms with Crippen molar-refractivity contribution in [1.29, 1.82) is 0 Å². The maximum absolute atomic E-state index is 10.2. The molecule has 3 heteroatoms. The maximum Gasteiger partial charge on any atom is 0.0837 e. The van der Waals surface area contributed by atoms with E-state index in [2.05, 4.69) is 17.1 Å². The van der Waals surface area contributed by atoms with E-state index in [1.807, 2.05) is 13.0 Å². The summed E-state index contributed by atoms with van der Waals surface area (Å²) in [5.74, 6) is 0.443. The largest absolute Gasteiger partial charge is 0.388 e. The topological polar surface area (TPSA) is 46.0 Å². The van der Waals surface area contributed by atoms with Crippen molar-refractivity contribution in [1.82, 2.24) is 10.2 Å². The van der Waals surface area contributed by atoms with E-state index in [4.69, 9.17) is 0 Å². The molecule has 1 atom stereocenters. The van der Waals surface area contributed by atoms with Gasteiger partial charge in [-0.1, -0.05) is 13.3 Å². The number of aryl methyl sites for hydroxylation is 2. The van der Waals surface area contributed by atoms with Gasteiger partial charge in [-0.3, -0.25) is 0 Å². The Balaban J connectivity index is 2.27. The molecule has 0 aliphatic heterocycles. The predicted octanol–water partition coefficient (Wildman–Crippen LogP) is 2.18. The van der Waals surface area contributed by atoms with Crippen LogP contribution in [-0.2, 0) is 6.42 Å². The molecule has 1 saturated carbocycles. The second-order valence-corrected chi connectivity index (χ2v) is 4.38. The molecule has 0 spiro atoms. The number of aliphatic hydroxyl groups excluding tert-OH is 1. The van der Waals surface area contributed by atoms with Gasteiger partial charge < -0.3 is 5.11 Å². The zero-order valence-corrected chi connectivity index (χ0v) is 9.40. The first-order chi connectivity index (χ1) is 7.22. The first-order valence-corrected chi connectivity index (χ1v) is 5.73. The normalized spacial score (nSPS) is 18.6. The van der Waals surface area contributed by atoms with Crippen molar-refractivity contribution in [3.05, 3.63) is 23.0 Å². The lowest BCUT2D eigenvalue weighted by molar-refractivity contribution is 0.0609. The molecular formula is C12H18N2O. The lowest BCUT2D eigenvalue weighted by atomic mass is 9.78. The summed E-state index contributed by atoms with van der Waals surface area (Å²) >= 11 is 0. The molecule has 2 rings (SSSR count).